The summed E-state index contributed by atoms with van der Waals surface area (Å²) < 4.78 is 0.795. The second kappa shape index (κ2) is 5.54. The normalized spacial score (nSPS) is 15.4. The van der Waals surface area contributed by atoms with Gasteiger partial charge in [-0.3, -0.25) is 0 Å². The quantitative estimate of drug-likeness (QED) is 0.870. The van der Waals surface area contributed by atoms with Crippen molar-refractivity contribution in [1.82, 2.24) is 0 Å². The van der Waals surface area contributed by atoms with Crippen molar-refractivity contribution < 1.29 is 9.90 Å². The van der Waals surface area contributed by atoms with Crippen molar-refractivity contribution in [1.29, 1.82) is 0 Å². The first-order valence-corrected chi connectivity index (χ1v) is 6.72. The van der Waals surface area contributed by atoms with Crippen LogP contribution in [0.1, 0.15) is 36.0 Å². The van der Waals surface area contributed by atoms with Gasteiger partial charge in [0.25, 0.3) is 0 Å². The van der Waals surface area contributed by atoms with E-state index in [-0.39, 0.29) is 0 Å². The number of nitrogens with one attached hydrogen (secondary N) is 1. The Kier molecular flexibility index (Phi) is 4.05. The van der Waals surface area contributed by atoms with Gasteiger partial charge in [-0.2, -0.15) is 0 Å². The van der Waals surface area contributed by atoms with Crippen LogP contribution < -0.4 is 5.32 Å². The number of carbonyl (C=O) groups is 1. The molecule has 0 heterocycles. The van der Waals surface area contributed by atoms with Crippen molar-refractivity contribution in [3.63, 3.8) is 0 Å². The molecule has 17 heavy (non-hydrogen) atoms. The standard InChI is InChI=1S/C13H16BrNO2/c14-11-6-10(13(16)17)7-12(8-11)15-5-4-9-2-1-3-9/h6-9,15H,1-5H2,(H,16,17). The number of carboxylic acid groups (broad SMARTS) is 1. The molecule has 1 aromatic rings. The largest absolute Gasteiger partial charge is 0.478 e. The van der Waals surface area contributed by atoms with Gasteiger partial charge in [0.05, 0.1) is 5.56 Å². The molecule has 0 atom stereocenters. The summed E-state index contributed by atoms with van der Waals surface area (Å²) >= 11 is 3.32. The molecule has 1 saturated carbocycles. The molecule has 0 spiro atoms. The zero-order chi connectivity index (χ0) is 12.3. The fraction of sp³-hybridized carbons (Fsp3) is 0.462. The Morgan fingerprint density at radius 3 is 2.76 bits per heavy atom. The van der Waals surface area contributed by atoms with Crippen LogP contribution in [-0.4, -0.2) is 17.6 Å². The zero-order valence-electron chi connectivity index (χ0n) is 9.58. The third-order valence-electron chi connectivity index (χ3n) is 3.25. The highest BCUT2D eigenvalue weighted by molar-refractivity contribution is 9.10. The molecular formula is C13H16BrNO2. The van der Waals surface area contributed by atoms with E-state index in [9.17, 15) is 4.79 Å². The van der Waals surface area contributed by atoms with Crippen molar-refractivity contribution in [2.45, 2.75) is 25.7 Å². The second-order valence-corrected chi connectivity index (χ2v) is 5.46. The number of hydrogen-bond donors (Lipinski definition) is 2. The molecule has 0 unspecified atom stereocenters. The molecule has 1 aliphatic rings. The number of carboxylic acids is 1. The number of aromatic carboxylic acids is 1. The van der Waals surface area contributed by atoms with Crippen LogP contribution in [0.2, 0.25) is 0 Å². The van der Waals surface area contributed by atoms with Gasteiger partial charge in [-0.05, 0) is 30.5 Å². The Balaban J connectivity index is 1.92. The smallest absolute Gasteiger partial charge is 0.335 e. The minimum Gasteiger partial charge on any atom is -0.478 e. The Morgan fingerprint density at radius 1 is 1.41 bits per heavy atom. The monoisotopic (exact) mass is 297 g/mol. The molecule has 0 saturated heterocycles. The summed E-state index contributed by atoms with van der Waals surface area (Å²) in [6.07, 6.45) is 5.24. The molecule has 4 heteroatoms. The number of benzene rings is 1. The maximum Gasteiger partial charge on any atom is 0.335 e. The van der Waals surface area contributed by atoms with E-state index in [4.69, 9.17) is 5.11 Å². The van der Waals surface area contributed by atoms with E-state index in [0.29, 0.717) is 5.56 Å². The lowest BCUT2D eigenvalue weighted by atomic mass is 9.83. The Hall–Kier alpha value is -1.03. The summed E-state index contributed by atoms with van der Waals surface area (Å²) in [6, 6.07) is 5.19. The summed E-state index contributed by atoms with van der Waals surface area (Å²) in [6.45, 7) is 0.917. The first-order chi connectivity index (χ1) is 8.15. The summed E-state index contributed by atoms with van der Waals surface area (Å²) in [7, 11) is 0. The van der Waals surface area contributed by atoms with E-state index in [2.05, 4.69) is 21.2 Å². The minimum absolute atomic E-state index is 0.311. The van der Waals surface area contributed by atoms with Gasteiger partial charge < -0.3 is 10.4 Å². The van der Waals surface area contributed by atoms with Crippen LogP contribution in [0.5, 0.6) is 0 Å². The number of anilines is 1. The molecule has 2 N–H and O–H groups in total. The maximum atomic E-state index is 10.9. The van der Waals surface area contributed by atoms with Crippen molar-refractivity contribution in [2.75, 3.05) is 11.9 Å². The lowest BCUT2D eigenvalue weighted by molar-refractivity contribution is 0.0697. The number of hydrogen-bond acceptors (Lipinski definition) is 2. The van der Waals surface area contributed by atoms with Gasteiger partial charge in [-0.1, -0.05) is 35.2 Å². The van der Waals surface area contributed by atoms with E-state index in [1.54, 1.807) is 12.1 Å². The first-order valence-electron chi connectivity index (χ1n) is 5.93. The van der Waals surface area contributed by atoms with Gasteiger partial charge in [0.15, 0.2) is 0 Å². The average Bonchev–Trinajstić information content (AvgIpc) is 2.21. The molecule has 1 fully saturated rings. The van der Waals surface area contributed by atoms with Gasteiger partial charge in [-0.15, -0.1) is 0 Å². The molecule has 0 aromatic heterocycles. The average molecular weight is 298 g/mol. The molecular weight excluding hydrogens is 282 g/mol. The van der Waals surface area contributed by atoms with Crippen LogP contribution in [0.15, 0.2) is 22.7 Å². The molecule has 0 amide bonds. The lowest BCUT2D eigenvalue weighted by Crippen LogP contribution is -2.15. The molecule has 0 radical (unpaired) electrons. The minimum atomic E-state index is -0.895. The molecule has 1 aliphatic carbocycles. The van der Waals surface area contributed by atoms with Crippen molar-refractivity contribution >= 4 is 27.6 Å². The fourth-order valence-corrected chi connectivity index (χ4v) is 2.51. The van der Waals surface area contributed by atoms with Crippen LogP contribution in [0.3, 0.4) is 0 Å². The Labute approximate surface area is 109 Å². The summed E-state index contributed by atoms with van der Waals surface area (Å²) in [4.78, 5) is 10.9. The molecule has 0 aliphatic heterocycles. The highest BCUT2D eigenvalue weighted by Crippen LogP contribution is 2.29. The van der Waals surface area contributed by atoms with Crippen LogP contribution in [0.4, 0.5) is 5.69 Å². The van der Waals surface area contributed by atoms with Crippen molar-refractivity contribution in [3.8, 4) is 0 Å². The Bertz CT molecular complexity index is 416. The lowest BCUT2D eigenvalue weighted by Gasteiger charge is -2.25. The number of halogens is 1. The maximum absolute atomic E-state index is 10.9. The molecule has 3 nitrogen and oxygen atoms in total. The Morgan fingerprint density at radius 2 is 2.18 bits per heavy atom. The molecule has 2 rings (SSSR count). The van der Waals surface area contributed by atoms with E-state index in [0.717, 1.165) is 22.6 Å². The SMILES string of the molecule is O=C(O)c1cc(Br)cc(NCCC2CCC2)c1. The van der Waals surface area contributed by atoms with Gasteiger partial charge in [-0.25, -0.2) is 4.79 Å². The third kappa shape index (κ3) is 3.46. The topological polar surface area (TPSA) is 49.3 Å². The summed E-state index contributed by atoms with van der Waals surface area (Å²) in [5.41, 5.74) is 1.18. The van der Waals surface area contributed by atoms with Crippen LogP contribution in [0, 0.1) is 5.92 Å². The number of rotatable bonds is 5. The van der Waals surface area contributed by atoms with Crippen LogP contribution in [0.25, 0.3) is 0 Å². The van der Waals surface area contributed by atoms with Crippen molar-refractivity contribution in [2.24, 2.45) is 5.92 Å². The van der Waals surface area contributed by atoms with Gasteiger partial charge in [0, 0.05) is 16.7 Å². The second-order valence-electron chi connectivity index (χ2n) is 4.55. The van der Waals surface area contributed by atoms with E-state index in [1.807, 2.05) is 6.07 Å². The predicted molar refractivity (Wildman–Crippen MR) is 71.5 cm³/mol. The van der Waals surface area contributed by atoms with Gasteiger partial charge in [0.2, 0.25) is 0 Å². The van der Waals surface area contributed by atoms with Crippen LogP contribution in [-0.2, 0) is 0 Å². The van der Waals surface area contributed by atoms with E-state index < -0.39 is 5.97 Å². The first kappa shape index (κ1) is 12.4. The van der Waals surface area contributed by atoms with E-state index in [1.165, 1.54) is 25.7 Å². The molecule has 0 bridgehead atoms. The summed E-state index contributed by atoms with van der Waals surface area (Å²) in [5.74, 6) is -0.0260. The van der Waals surface area contributed by atoms with Crippen LogP contribution >= 0.6 is 15.9 Å². The highest BCUT2D eigenvalue weighted by atomic mass is 79.9. The highest BCUT2D eigenvalue weighted by Gasteiger charge is 2.16. The fourth-order valence-electron chi connectivity index (χ4n) is 2.02. The molecule has 1 aromatic carbocycles. The summed E-state index contributed by atoms with van der Waals surface area (Å²) in [5, 5.41) is 12.2. The van der Waals surface area contributed by atoms with E-state index >= 15 is 0 Å². The molecule has 92 valence electrons. The predicted octanol–water partition coefficient (Wildman–Crippen LogP) is 3.75. The van der Waals surface area contributed by atoms with Crippen molar-refractivity contribution in [3.05, 3.63) is 28.2 Å². The van der Waals surface area contributed by atoms with Gasteiger partial charge >= 0.3 is 5.97 Å². The van der Waals surface area contributed by atoms with Gasteiger partial charge in [0.1, 0.15) is 0 Å². The third-order valence-corrected chi connectivity index (χ3v) is 3.71. The zero-order valence-corrected chi connectivity index (χ0v) is 11.2.